The maximum absolute atomic E-state index is 12.5. The third-order valence-electron chi connectivity index (χ3n) is 3.67. The van der Waals surface area contributed by atoms with Gasteiger partial charge in [0, 0.05) is 31.2 Å². The van der Waals surface area contributed by atoms with Gasteiger partial charge >= 0.3 is 0 Å². The van der Waals surface area contributed by atoms with Gasteiger partial charge in [-0.2, -0.15) is 0 Å². The molecule has 0 spiro atoms. The number of aryl methyl sites for hydroxylation is 1. The number of anilines is 1. The van der Waals surface area contributed by atoms with Crippen LogP contribution in [-0.4, -0.2) is 34.4 Å². The zero-order valence-electron chi connectivity index (χ0n) is 14.3. The molecule has 24 heavy (non-hydrogen) atoms. The Morgan fingerprint density at radius 1 is 1.29 bits per heavy atom. The van der Waals surface area contributed by atoms with Crippen LogP contribution in [-0.2, 0) is 6.54 Å². The number of amides is 1. The summed E-state index contributed by atoms with van der Waals surface area (Å²) >= 11 is 6.16. The van der Waals surface area contributed by atoms with Crippen LogP contribution < -0.4 is 5.32 Å². The molecule has 1 heterocycles. The molecule has 0 atom stereocenters. The number of halogens is 1. The molecule has 0 bridgehead atoms. The molecule has 0 aliphatic carbocycles. The molecule has 1 aromatic carbocycles. The summed E-state index contributed by atoms with van der Waals surface area (Å²) in [6, 6.07) is 9.32. The van der Waals surface area contributed by atoms with Gasteiger partial charge in [0.1, 0.15) is 17.3 Å². The van der Waals surface area contributed by atoms with Gasteiger partial charge in [-0.15, -0.1) is 0 Å². The molecule has 1 amide bonds. The van der Waals surface area contributed by atoms with E-state index in [1.165, 1.54) is 0 Å². The number of aromatic nitrogens is 2. The fraction of sp³-hybridized carbons (Fsp3) is 0.389. The van der Waals surface area contributed by atoms with Crippen molar-refractivity contribution in [1.82, 2.24) is 14.9 Å². The van der Waals surface area contributed by atoms with Crippen LogP contribution in [0.25, 0.3) is 0 Å². The van der Waals surface area contributed by atoms with E-state index in [-0.39, 0.29) is 5.91 Å². The first kappa shape index (κ1) is 18.2. The average Bonchev–Trinajstić information content (AvgIpc) is 2.57. The number of hydrogen-bond acceptors (Lipinski definition) is 4. The topological polar surface area (TPSA) is 58.1 Å². The largest absolute Gasteiger partial charge is 0.366 e. The summed E-state index contributed by atoms with van der Waals surface area (Å²) in [6.07, 6.45) is 2.02. The molecular formula is C18H23ClN4O. The second-order valence-corrected chi connectivity index (χ2v) is 6.12. The third-order valence-corrected chi connectivity index (χ3v) is 4.04. The van der Waals surface area contributed by atoms with Crippen molar-refractivity contribution in [2.75, 3.05) is 18.9 Å². The fourth-order valence-electron chi connectivity index (χ4n) is 2.29. The van der Waals surface area contributed by atoms with E-state index >= 15 is 0 Å². The SMILES string of the molecule is CCCCN(C)C(=O)c1cc(NCc2ccccc2Cl)nc(C)n1. The first-order valence-electron chi connectivity index (χ1n) is 8.09. The Kier molecular flexibility index (Phi) is 6.55. The molecule has 6 heteroatoms. The number of nitrogens with one attached hydrogen (secondary N) is 1. The second-order valence-electron chi connectivity index (χ2n) is 5.71. The van der Waals surface area contributed by atoms with Gasteiger partial charge in [0.2, 0.25) is 0 Å². The minimum absolute atomic E-state index is 0.0882. The van der Waals surface area contributed by atoms with E-state index < -0.39 is 0 Å². The van der Waals surface area contributed by atoms with Crippen molar-refractivity contribution in [2.24, 2.45) is 0 Å². The van der Waals surface area contributed by atoms with E-state index in [9.17, 15) is 4.79 Å². The Balaban J connectivity index is 2.10. The Bertz CT molecular complexity index is 705. The summed E-state index contributed by atoms with van der Waals surface area (Å²) < 4.78 is 0. The Labute approximate surface area is 148 Å². The molecular weight excluding hydrogens is 324 g/mol. The number of rotatable bonds is 7. The van der Waals surface area contributed by atoms with Gasteiger partial charge < -0.3 is 10.2 Å². The van der Waals surface area contributed by atoms with Gasteiger partial charge in [-0.25, -0.2) is 9.97 Å². The summed E-state index contributed by atoms with van der Waals surface area (Å²) in [4.78, 5) is 22.8. The molecule has 5 nitrogen and oxygen atoms in total. The summed E-state index contributed by atoms with van der Waals surface area (Å²) in [5, 5.41) is 3.91. The number of nitrogens with zero attached hydrogens (tertiary/aromatic N) is 3. The average molecular weight is 347 g/mol. The molecule has 2 aromatic rings. The second kappa shape index (κ2) is 8.64. The predicted molar refractivity (Wildman–Crippen MR) is 97.4 cm³/mol. The van der Waals surface area contributed by atoms with Gasteiger partial charge in [0.25, 0.3) is 5.91 Å². The van der Waals surface area contributed by atoms with Gasteiger partial charge in [0.15, 0.2) is 0 Å². The summed E-state index contributed by atoms with van der Waals surface area (Å²) in [7, 11) is 1.80. The number of carbonyl (C=O) groups is 1. The highest BCUT2D eigenvalue weighted by molar-refractivity contribution is 6.31. The molecule has 128 valence electrons. The van der Waals surface area contributed by atoms with Crippen molar-refractivity contribution < 1.29 is 4.79 Å². The maximum atomic E-state index is 12.5. The number of unbranched alkanes of at least 4 members (excludes halogenated alkanes) is 1. The highest BCUT2D eigenvalue weighted by atomic mass is 35.5. The minimum atomic E-state index is -0.0882. The quantitative estimate of drug-likeness (QED) is 0.825. The molecule has 0 unspecified atom stereocenters. The van der Waals surface area contributed by atoms with Crippen LogP contribution >= 0.6 is 11.6 Å². The Morgan fingerprint density at radius 2 is 2.04 bits per heavy atom. The van der Waals surface area contributed by atoms with E-state index in [2.05, 4.69) is 22.2 Å². The van der Waals surface area contributed by atoms with Crippen LogP contribution in [0.1, 0.15) is 41.6 Å². The predicted octanol–water partition coefficient (Wildman–Crippen LogP) is 3.92. The normalized spacial score (nSPS) is 10.5. The summed E-state index contributed by atoms with van der Waals surface area (Å²) in [5.41, 5.74) is 1.38. The molecule has 0 saturated heterocycles. The van der Waals surface area contributed by atoms with Crippen LogP contribution in [0.4, 0.5) is 5.82 Å². The van der Waals surface area contributed by atoms with Crippen LogP contribution in [0, 0.1) is 6.92 Å². The lowest BCUT2D eigenvalue weighted by atomic mass is 10.2. The van der Waals surface area contributed by atoms with Crippen molar-refractivity contribution in [1.29, 1.82) is 0 Å². The summed E-state index contributed by atoms with van der Waals surface area (Å²) in [5.74, 6) is 1.09. The van der Waals surface area contributed by atoms with Crippen molar-refractivity contribution in [2.45, 2.75) is 33.2 Å². The molecule has 0 saturated carbocycles. The molecule has 0 radical (unpaired) electrons. The highest BCUT2D eigenvalue weighted by Gasteiger charge is 2.15. The van der Waals surface area contributed by atoms with Crippen molar-refractivity contribution in [3.63, 3.8) is 0 Å². The summed E-state index contributed by atoms with van der Waals surface area (Å²) in [6.45, 7) is 5.14. The third kappa shape index (κ3) is 4.93. The molecule has 2 rings (SSSR count). The van der Waals surface area contributed by atoms with Gasteiger partial charge in [0.05, 0.1) is 0 Å². The first-order valence-corrected chi connectivity index (χ1v) is 8.47. The van der Waals surface area contributed by atoms with E-state index in [1.807, 2.05) is 24.3 Å². The van der Waals surface area contributed by atoms with E-state index in [1.54, 1.807) is 24.9 Å². The smallest absolute Gasteiger partial charge is 0.272 e. The number of hydrogen-bond donors (Lipinski definition) is 1. The van der Waals surface area contributed by atoms with Crippen molar-refractivity contribution in [3.05, 3.63) is 52.4 Å². The van der Waals surface area contributed by atoms with Crippen LogP contribution in [0.5, 0.6) is 0 Å². The van der Waals surface area contributed by atoms with E-state index in [4.69, 9.17) is 11.6 Å². The Morgan fingerprint density at radius 3 is 2.75 bits per heavy atom. The monoisotopic (exact) mass is 346 g/mol. The lowest BCUT2D eigenvalue weighted by Crippen LogP contribution is -2.28. The number of benzene rings is 1. The van der Waals surface area contributed by atoms with Gasteiger partial charge in [-0.1, -0.05) is 43.1 Å². The molecule has 0 aliphatic rings. The van der Waals surface area contributed by atoms with Crippen LogP contribution in [0.15, 0.2) is 30.3 Å². The van der Waals surface area contributed by atoms with Gasteiger partial charge in [-0.3, -0.25) is 4.79 Å². The van der Waals surface area contributed by atoms with E-state index in [0.29, 0.717) is 28.9 Å². The minimum Gasteiger partial charge on any atom is -0.366 e. The lowest BCUT2D eigenvalue weighted by molar-refractivity contribution is 0.0787. The zero-order chi connectivity index (χ0) is 17.5. The molecule has 0 fully saturated rings. The Hall–Kier alpha value is -2.14. The molecule has 1 N–H and O–H groups in total. The number of carbonyl (C=O) groups excluding carboxylic acids is 1. The molecule has 0 aliphatic heterocycles. The van der Waals surface area contributed by atoms with E-state index in [0.717, 1.165) is 24.9 Å². The maximum Gasteiger partial charge on any atom is 0.272 e. The van der Waals surface area contributed by atoms with Crippen molar-refractivity contribution >= 4 is 23.3 Å². The lowest BCUT2D eigenvalue weighted by Gasteiger charge is -2.17. The first-order chi connectivity index (χ1) is 11.5. The van der Waals surface area contributed by atoms with Crippen LogP contribution in [0.3, 0.4) is 0 Å². The standard InChI is InChI=1S/C18H23ClN4O/c1-4-5-10-23(3)18(24)16-11-17(22-13(2)21-16)20-12-14-8-6-7-9-15(14)19/h6-9,11H,4-5,10,12H2,1-3H3,(H,20,21,22). The highest BCUT2D eigenvalue weighted by Crippen LogP contribution is 2.17. The zero-order valence-corrected chi connectivity index (χ0v) is 15.1. The molecule has 1 aromatic heterocycles. The van der Waals surface area contributed by atoms with Gasteiger partial charge in [-0.05, 0) is 25.0 Å². The van der Waals surface area contributed by atoms with Crippen LogP contribution in [0.2, 0.25) is 5.02 Å². The fourth-order valence-corrected chi connectivity index (χ4v) is 2.49. The van der Waals surface area contributed by atoms with Crippen molar-refractivity contribution in [3.8, 4) is 0 Å².